The molecule has 1 unspecified atom stereocenters. The zero-order valence-electron chi connectivity index (χ0n) is 13.5. The molecule has 0 saturated carbocycles. The third kappa shape index (κ3) is 2.70. The van der Waals surface area contributed by atoms with Crippen LogP contribution >= 0.6 is 0 Å². The molecular formula is C16H18N6O2. The van der Waals surface area contributed by atoms with Crippen LogP contribution in [0.4, 0.5) is 0 Å². The molecule has 3 aromatic heterocycles. The summed E-state index contributed by atoms with van der Waals surface area (Å²) >= 11 is 0. The lowest BCUT2D eigenvalue weighted by molar-refractivity contribution is -0.0793. The van der Waals surface area contributed by atoms with Gasteiger partial charge in [-0.3, -0.25) is 0 Å². The standard InChI is InChI=1S/C16H18N6O2/c1-16(2)13(17-7-9-23-16)15-20-14(21-24-15)11-4-5-12(18-10-11)22-8-3-6-19-22/h3-6,8,10,13,17H,7,9H2,1-2H3. The van der Waals surface area contributed by atoms with Gasteiger partial charge in [0.15, 0.2) is 5.82 Å². The zero-order chi connectivity index (χ0) is 16.6. The van der Waals surface area contributed by atoms with Gasteiger partial charge in [0, 0.05) is 30.7 Å². The van der Waals surface area contributed by atoms with Crippen LogP contribution in [0.5, 0.6) is 0 Å². The van der Waals surface area contributed by atoms with Gasteiger partial charge in [-0.25, -0.2) is 9.67 Å². The second-order valence-electron chi connectivity index (χ2n) is 6.15. The van der Waals surface area contributed by atoms with Gasteiger partial charge in [-0.15, -0.1) is 0 Å². The average molecular weight is 326 g/mol. The van der Waals surface area contributed by atoms with E-state index >= 15 is 0 Å². The van der Waals surface area contributed by atoms with Crippen molar-refractivity contribution in [2.75, 3.05) is 13.2 Å². The molecule has 1 aliphatic heterocycles. The third-order valence-corrected chi connectivity index (χ3v) is 4.05. The van der Waals surface area contributed by atoms with E-state index in [-0.39, 0.29) is 6.04 Å². The Morgan fingerprint density at radius 3 is 2.96 bits per heavy atom. The molecule has 1 N–H and O–H groups in total. The molecule has 1 saturated heterocycles. The van der Waals surface area contributed by atoms with Crippen molar-refractivity contribution >= 4 is 0 Å². The molecule has 3 aromatic rings. The van der Waals surface area contributed by atoms with Gasteiger partial charge in [0.05, 0.1) is 12.2 Å². The predicted octanol–water partition coefficient (Wildman–Crippen LogP) is 1.76. The molecule has 0 radical (unpaired) electrons. The van der Waals surface area contributed by atoms with Crippen molar-refractivity contribution in [1.82, 2.24) is 30.2 Å². The molecule has 0 aromatic carbocycles. The molecule has 8 nitrogen and oxygen atoms in total. The van der Waals surface area contributed by atoms with E-state index < -0.39 is 5.60 Å². The summed E-state index contributed by atoms with van der Waals surface area (Å²) in [7, 11) is 0. The smallest absolute Gasteiger partial charge is 0.247 e. The van der Waals surface area contributed by atoms with Crippen LogP contribution in [0.3, 0.4) is 0 Å². The Hall–Kier alpha value is -2.58. The number of aromatic nitrogens is 5. The fourth-order valence-corrected chi connectivity index (χ4v) is 2.76. The Morgan fingerprint density at radius 2 is 2.25 bits per heavy atom. The SMILES string of the molecule is CC1(C)OCCNC1c1nc(-c2ccc(-n3cccn3)nc2)no1. The fraction of sp³-hybridized carbons (Fsp3) is 0.375. The summed E-state index contributed by atoms with van der Waals surface area (Å²) in [6, 6.07) is 5.48. The molecule has 24 heavy (non-hydrogen) atoms. The van der Waals surface area contributed by atoms with E-state index in [0.717, 1.165) is 17.9 Å². The second-order valence-corrected chi connectivity index (χ2v) is 6.15. The highest BCUT2D eigenvalue weighted by Gasteiger charge is 2.38. The number of nitrogens with one attached hydrogen (secondary N) is 1. The van der Waals surface area contributed by atoms with Crippen molar-refractivity contribution < 1.29 is 9.26 Å². The summed E-state index contributed by atoms with van der Waals surface area (Å²) in [6.45, 7) is 5.44. The number of pyridine rings is 1. The van der Waals surface area contributed by atoms with Gasteiger partial charge >= 0.3 is 0 Å². The van der Waals surface area contributed by atoms with Crippen molar-refractivity contribution in [3.05, 3.63) is 42.7 Å². The third-order valence-electron chi connectivity index (χ3n) is 4.05. The maximum atomic E-state index is 5.79. The molecule has 1 fully saturated rings. The Bertz CT molecular complexity index is 809. The summed E-state index contributed by atoms with van der Waals surface area (Å²) in [5.41, 5.74) is 0.389. The van der Waals surface area contributed by atoms with Crippen molar-refractivity contribution in [2.45, 2.75) is 25.5 Å². The van der Waals surface area contributed by atoms with Crippen LogP contribution in [0.15, 0.2) is 41.3 Å². The van der Waals surface area contributed by atoms with Crippen molar-refractivity contribution in [3.63, 3.8) is 0 Å². The summed E-state index contributed by atoms with van der Waals surface area (Å²) in [4.78, 5) is 8.90. The average Bonchev–Trinajstić information content (AvgIpc) is 3.27. The summed E-state index contributed by atoms with van der Waals surface area (Å²) in [5.74, 6) is 1.76. The minimum absolute atomic E-state index is 0.135. The van der Waals surface area contributed by atoms with E-state index in [0.29, 0.717) is 18.3 Å². The van der Waals surface area contributed by atoms with Crippen molar-refractivity contribution in [2.24, 2.45) is 0 Å². The van der Waals surface area contributed by atoms with Gasteiger partial charge < -0.3 is 14.6 Å². The molecule has 1 aliphatic rings. The van der Waals surface area contributed by atoms with Crippen LogP contribution in [0, 0.1) is 0 Å². The summed E-state index contributed by atoms with van der Waals surface area (Å²) < 4.78 is 12.9. The minimum atomic E-state index is -0.399. The number of nitrogens with zero attached hydrogens (tertiary/aromatic N) is 5. The van der Waals surface area contributed by atoms with Crippen LogP contribution < -0.4 is 5.32 Å². The van der Waals surface area contributed by atoms with E-state index in [2.05, 4.69) is 25.5 Å². The number of ether oxygens (including phenoxy) is 1. The monoisotopic (exact) mass is 326 g/mol. The highest BCUT2D eigenvalue weighted by Crippen LogP contribution is 2.31. The first kappa shape index (κ1) is 15.0. The quantitative estimate of drug-likeness (QED) is 0.784. The Kier molecular flexibility index (Phi) is 3.62. The molecule has 0 aliphatic carbocycles. The van der Waals surface area contributed by atoms with Crippen LogP contribution in [0.2, 0.25) is 0 Å². The summed E-state index contributed by atoms with van der Waals surface area (Å²) in [5, 5.41) is 11.6. The number of hydrogen-bond acceptors (Lipinski definition) is 7. The van der Waals surface area contributed by atoms with Crippen LogP contribution in [-0.2, 0) is 4.74 Å². The van der Waals surface area contributed by atoms with Crippen LogP contribution in [0.25, 0.3) is 17.2 Å². The number of morpholine rings is 1. The van der Waals surface area contributed by atoms with Gasteiger partial charge in [-0.1, -0.05) is 5.16 Å². The summed E-state index contributed by atoms with van der Waals surface area (Å²) in [6.07, 6.45) is 5.26. The molecule has 0 spiro atoms. The largest absolute Gasteiger partial charge is 0.372 e. The van der Waals surface area contributed by atoms with Gasteiger partial charge in [0.2, 0.25) is 11.7 Å². The fourth-order valence-electron chi connectivity index (χ4n) is 2.76. The van der Waals surface area contributed by atoms with Crippen LogP contribution in [0.1, 0.15) is 25.8 Å². The molecule has 0 bridgehead atoms. The maximum Gasteiger partial charge on any atom is 0.247 e. The van der Waals surface area contributed by atoms with E-state index in [1.807, 2.05) is 38.2 Å². The Morgan fingerprint density at radius 1 is 1.33 bits per heavy atom. The van der Waals surface area contributed by atoms with E-state index in [1.54, 1.807) is 17.1 Å². The Labute approximate surface area is 138 Å². The van der Waals surface area contributed by atoms with Gasteiger partial charge in [0.1, 0.15) is 6.04 Å². The van der Waals surface area contributed by atoms with Crippen molar-refractivity contribution in [1.29, 1.82) is 0 Å². The van der Waals surface area contributed by atoms with E-state index in [1.165, 1.54) is 0 Å². The first-order valence-electron chi connectivity index (χ1n) is 7.81. The maximum absolute atomic E-state index is 5.79. The topological polar surface area (TPSA) is 90.9 Å². The predicted molar refractivity (Wildman–Crippen MR) is 85.4 cm³/mol. The second kappa shape index (κ2) is 5.81. The molecule has 4 rings (SSSR count). The molecule has 8 heteroatoms. The lowest BCUT2D eigenvalue weighted by Gasteiger charge is -2.36. The highest BCUT2D eigenvalue weighted by atomic mass is 16.5. The number of hydrogen-bond donors (Lipinski definition) is 1. The first-order valence-corrected chi connectivity index (χ1v) is 7.81. The van der Waals surface area contributed by atoms with E-state index in [9.17, 15) is 0 Å². The Balaban J connectivity index is 1.58. The van der Waals surface area contributed by atoms with E-state index in [4.69, 9.17) is 9.26 Å². The first-order chi connectivity index (χ1) is 11.6. The number of rotatable bonds is 3. The van der Waals surface area contributed by atoms with Gasteiger partial charge in [0.25, 0.3) is 0 Å². The molecule has 124 valence electrons. The minimum Gasteiger partial charge on any atom is -0.372 e. The normalized spacial score (nSPS) is 20.2. The molecular weight excluding hydrogens is 308 g/mol. The zero-order valence-corrected chi connectivity index (χ0v) is 13.5. The van der Waals surface area contributed by atoms with Gasteiger partial charge in [-0.05, 0) is 32.0 Å². The highest BCUT2D eigenvalue weighted by molar-refractivity contribution is 5.53. The molecule has 4 heterocycles. The van der Waals surface area contributed by atoms with Crippen molar-refractivity contribution in [3.8, 4) is 17.2 Å². The molecule has 0 amide bonds. The van der Waals surface area contributed by atoms with Gasteiger partial charge in [-0.2, -0.15) is 10.1 Å². The molecule has 1 atom stereocenters. The van der Waals surface area contributed by atoms with Crippen LogP contribution in [-0.4, -0.2) is 43.7 Å². The lowest BCUT2D eigenvalue weighted by Crippen LogP contribution is -2.48. The lowest BCUT2D eigenvalue weighted by atomic mass is 9.97.